The zero-order valence-corrected chi connectivity index (χ0v) is 13.4. The van der Waals surface area contributed by atoms with Crippen LogP contribution in [0.15, 0.2) is 36.4 Å². The summed E-state index contributed by atoms with van der Waals surface area (Å²) in [4.78, 5) is 0. The SMILES string of the molecule is Cc1ccc(OCc2cc(C)ccc2C)c(C#CCCl)c1. The lowest BCUT2D eigenvalue weighted by Crippen LogP contribution is -2.00. The fourth-order valence-corrected chi connectivity index (χ4v) is 2.17. The lowest BCUT2D eigenvalue weighted by atomic mass is 10.1. The fourth-order valence-electron chi connectivity index (χ4n) is 2.11. The normalized spacial score (nSPS) is 9.90. The Morgan fingerprint density at radius 2 is 1.71 bits per heavy atom. The van der Waals surface area contributed by atoms with Crippen LogP contribution in [-0.4, -0.2) is 5.88 Å². The molecular weight excluding hydrogens is 280 g/mol. The standard InChI is InChI=1S/C19H19ClO/c1-14-6-8-16(3)18(12-14)13-21-19-9-7-15(2)11-17(19)5-4-10-20/h6-9,11-12H,10,13H2,1-3H3. The van der Waals surface area contributed by atoms with E-state index in [0.717, 1.165) is 16.9 Å². The van der Waals surface area contributed by atoms with Crippen LogP contribution in [0.1, 0.15) is 27.8 Å². The van der Waals surface area contributed by atoms with Gasteiger partial charge in [-0.25, -0.2) is 0 Å². The first-order chi connectivity index (χ1) is 10.1. The van der Waals surface area contributed by atoms with E-state index in [2.05, 4.69) is 43.9 Å². The molecule has 2 aromatic carbocycles. The summed E-state index contributed by atoms with van der Waals surface area (Å²) < 4.78 is 5.97. The lowest BCUT2D eigenvalue weighted by molar-refractivity contribution is 0.304. The molecule has 0 aliphatic rings. The molecule has 0 bridgehead atoms. The molecule has 2 rings (SSSR count). The monoisotopic (exact) mass is 298 g/mol. The molecule has 2 heteroatoms. The van der Waals surface area contributed by atoms with E-state index < -0.39 is 0 Å². The van der Waals surface area contributed by atoms with E-state index in [1.165, 1.54) is 16.7 Å². The van der Waals surface area contributed by atoms with Crippen molar-refractivity contribution in [1.29, 1.82) is 0 Å². The van der Waals surface area contributed by atoms with Crippen molar-refractivity contribution in [3.05, 3.63) is 64.2 Å². The molecule has 0 unspecified atom stereocenters. The molecular formula is C19H19ClO. The van der Waals surface area contributed by atoms with Crippen LogP contribution in [0.5, 0.6) is 5.75 Å². The predicted molar refractivity (Wildman–Crippen MR) is 89.0 cm³/mol. The van der Waals surface area contributed by atoms with E-state index >= 15 is 0 Å². The van der Waals surface area contributed by atoms with E-state index in [4.69, 9.17) is 16.3 Å². The molecule has 0 N–H and O–H groups in total. The maximum Gasteiger partial charge on any atom is 0.135 e. The summed E-state index contributed by atoms with van der Waals surface area (Å²) >= 11 is 5.64. The number of hydrogen-bond acceptors (Lipinski definition) is 1. The van der Waals surface area contributed by atoms with E-state index in [1.807, 2.05) is 25.1 Å². The number of alkyl halides is 1. The average molecular weight is 299 g/mol. The third-order valence-electron chi connectivity index (χ3n) is 3.31. The minimum Gasteiger partial charge on any atom is -0.488 e. The van der Waals surface area contributed by atoms with Crippen molar-refractivity contribution >= 4 is 11.6 Å². The van der Waals surface area contributed by atoms with Gasteiger partial charge < -0.3 is 4.74 Å². The van der Waals surface area contributed by atoms with Gasteiger partial charge in [0.1, 0.15) is 12.4 Å². The Bertz CT molecular complexity index is 692. The molecule has 108 valence electrons. The summed E-state index contributed by atoms with van der Waals surface area (Å²) in [5.74, 6) is 7.07. The molecule has 0 radical (unpaired) electrons. The van der Waals surface area contributed by atoms with Crippen molar-refractivity contribution in [3.8, 4) is 17.6 Å². The highest BCUT2D eigenvalue weighted by molar-refractivity contribution is 6.19. The van der Waals surface area contributed by atoms with Crippen molar-refractivity contribution in [2.75, 3.05) is 5.88 Å². The molecule has 2 aromatic rings. The third kappa shape index (κ3) is 4.28. The zero-order valence-electron chi connectivity index (χ0n) is 12.7. The van der Waals surface area contributed by atoms with Gasteiger partial charge in [-0.3, -0.25) is 0 Å². The van der Waals surface area contributed by atoms with Crippen LogP contribution in [0.3, 0.4) is 0 Å². The Balaban J connectivity index is 2.21. The first-order valence-electron chi connectivity index (χ1n) is 6.94. The summed E-state index contributed by atoms with van der Waals surface area (Å²) in [6.07, 6.45) is 0. The van der Waals surface area contributed by atoms with E-state index in [9.17, 15) is 0 Å². The fraction of sp³-hybridized carbons (Fsp3) is 0.263. The molecule has 0 fully saturated rings. The van der Waals surface area contributed by atoms with Crippen molar-refractivity contribution in [1.82, 2.24) is 0 Å². The third-order valence-corrected chi connectivity index (χ3v) is 3.45. The van der Waals surface area contributed by atoms with Crippen molar-refractivity contribution in [3.63, 3.8) is 0 Å². The van der Waals surface area contributed by atoms with Gasteiger partial charge in [0.05, 0.1) is 11.4 Å². The van der Waals surface area contributed by atoms with Crippen LogP contribution < -0.4 is 4.74 Å². The van der Waals surface area contributed by atoms with Gasteiger partial charge in [-0.1, -0.05) is 41.7 Å². The highest BCUT2D eigenvalue weighted by atomic mass is 35.5. The highest BCUT2D eigenvalue weighted by Gasteiger charge is 2.04. The lowest BCUT2D eigenvalue weighted by Gasteiger charge is -2.11. The average Bonchev–Trinajstić information content (AvgIpc) is 2.47. The molecule has 0 aromatic heterocycles. The number of aryl methyl sites for hydroxylation is 3. The first kappa shape index (κ1) is 15.5. The van der Waals surface area contributed by atoms with Gasteiger partial charge in [-0.2, -0.15) is 0 Å². The maximum absolute atomic E-state index is 5.97. The van der Waals surface area contributed by atoms with Gasteiger partial charge in [0.25, 0.3) is 0 Å². The Hall–Kier alpha value is -1.91. The molecule has 21 heavy (non-hydrogen) atoms. The van der Waals surface area contributed by atoms with Crippen LogP contribution in [-0.2, 0) is 6.61 Å². The Morgan fingerprint density at radius 3 is 2.48 bits per heavy atom. The maximum atomic E-state index is 5.97. The quantitative estimate of drug-likeness (QED) is 0.585. The van der Waals surface area contributed by atoms with Gasteiger partial charge in [0.15, 0.2) is 0 Å². The second kappa shape index (κ2) is 7.20. The number of rotatable bonds is 3. The second-order valence-electron chi connectivity index (χ2n) is 5.15. The summed E-state index contributed by atoms with van der Waals surface area (Å²) in [6.45, 7) is 6.78. The minimum atomic E-state index is 0.324. The van der Waals surface area contributed by atoms with E-state index in [-0.39, 0.29) is 0 Å². The summed E-state index contributed by atoms with van der Waals surface area (Å²) in [5, 5.41) is 0. The number of ether oxygens (including phenoxy) is 1. The molecule has 0 saturated carbocycles. The Labute approximate surface area is 131 Å². The molecule has 1 nitrogen and oxygen atoms in total. The van der Waals surface area contributed by atoms with Crippen LogP contribution in [0.25, 0.3) is 0 Å². The van der Waals surface area contributed by atoms with Crippen molar-refractivity contribution < 1.29 is 4.74 Å². The largest absolute Gasteiger partial charge is 0.488 e. The molecule has 0 saturated heterocycles. The summed E-state index contributed by atoms with van der Waals surface area (Å²) in [7, 11) is 0. The minimum absolute atomic E-state index is 0.324. The number of hydrogen-bond donors (Lipinski definition) is 0. The van der Waals surface area contributed by atoms with Gasteiger partial charge in [-0.05, 0) is 49.6 Å². The predicted octanol–water partition coefficient (Wildman–Crippen LogP) is 4.78. The first-order valence-corrected chi connectivity index (χ1v) is 7.48. The molecule has 0 aliphatic heterocycles. The summed E-state index contributed by atoms with van der Waals surface area (Å²) in [5.41, 5.74) is 5.73. The molecule has 0 atom stereocenters. The van der Waals surface area contributed by atoms with Crippen LogP contribution >= 0.6 is 11.6 Å². The molecule has 0 heterocycles. The van der Waals surface area contributed by atoms with Crippen LogP contribution in [0, 0.1) is 32.6 Å². The number of halogens is 1. The van der Waals surface area contributed by atoms with Crippen LogP contribution in [0.4, 0.5) is 0 Å². The topological polar surface area (TPSA) is 9.23 Å². The molecule has 0 amide bonds. The summed E-state index contributed by atoms with van der Waals surface area (Å²) in [6, 6.07) is 12.4. The Morgan fingerprint density at radius 1 is 1.00 bits per heavy atom. The van der Waals surface area contributed by atoms with Gasteiger partial charge in [0.2, 0.25) is 0 Å². The molecule has 0 aliphatic carbocycles. The van der Waals surface area contributed by atoms with Crippen molar-refractivity contribution in [2.24, 2.45) is 0 Å². The van der Waals surface area contributed by atoms with Gasteiger partial charge in [-0.15, -0.1) is 11.6 Å². The highest BCUT2D eigenvalue weighted by Crippen LogP contribution is 2.21. The number of benzene rings is 2. The smallest absolute Gasteiger partial charge is 0.135 e. The second-order valence-corrected chi connectivity index (χ2v) is 5.42. The van der Waals surface area contributed by atoms with Gasteiger partial charge in [0, 0.05) is 0 Å². The van der Waals surface area contributed by atoms with E-state index in [0.29, 0.717) is 12.5 Å². The van der Waals surface area contributed by atoms with E-state index in [1.54, 1.807) is 0 Å². The van der Waals surface area contributed by atoms with Crippen LogP contribution in [0.2, 0.25) is 0 Å². The zero-order chi connectivity index (χ0) is 15.2. The van der Waals surface area contributed by atoms with Crippen molar-refractivity contribution in [2.45, 2.75) is 27.4 Å². The molecule has 0 spiro atoms. The van der Waals surface area contributed by atoms with Gasteiger partial charge >= 0.3 is 0 Å². The Kier molecular flexibility index (Phi) is 5.31.